The number of aryl methyl sites for hydroxylation is 3. The van der Waals surface area contributed by atoms with Crippen LogP contribution in [0.3, 0.4) is 0 Å². The summed E-state index contributed by atoms with van der Waals surface area (Å²) in [7, 11) is 0. The third kappa shape index (κ3) is 3.23. The number of halogens is 1. The van der Waals surface area contributed by atoms with Crippen molar-refractivity contribution in [1.82, 2.24) is 5.32 Å². The first kappa shape index (κ1) is 15.1. The molecule has 2 aromatic carbocycles. The van der Waals surface area contributed by atoms with E-state index in [1.807, 2.05) is 6.92 Å². The maximum atomic E-state index is 6.27. The molecule has 0 heterocycles. The molecule has 106 valence electrons. The molecule has 0 aliphatic rings. The van der Waals surface area contributed by atoms with Crippen LogP contribution in [-0.4, -0.2) is 6.54 Å². The van der Waals surface area contributed by atoms with Gasteiger partial charge in [-0.05, 0) is 61.2 Å². The Kier molecular flexibility index (Phi) is 4.85. The normalized spacial score (nSPS) is 12.4. The molecule has 0 aliphatic heterocycles. The molecule has 0 saturated carbocycles. The van der Waals surface area contributed by atoms with Gasteiger partial charge in [-0.2, -0.15) is 0 Å². The zero-order chi connectivity index (χ0) is 14.7. The van der Waals surface area contributed by atoms with Crippen molar-refractivity contribution in [3.05, 3.63) is 69.2 Å². The molecule has 0 fully saturated rings. The lowest BCUT2D eigenvalue weighted by Gasteiger charge is -2.20. The topological polar surface area (TPSA) is 12.0 Å². The molecule has 0 aliphatic carbocycles. The van der Waals surface area contributed by atoms with Gasteiger partial charge in [-0.3, -0.25) is 0 Å². The van der Waals surface area contributed by atoms with Gasteiger partial charge in [0.05, 0.1) is 6.04 Å². The summed E-state index contributed by atoms with van der Waals surface area (Å²) >= 11 is 6.27. The van der Waals surface area contributed by atoms with Gasteiger partial charge in [-0.1, -0.05) is 48.9 Å². The molecule has 1 N–H and O–H groups in total. The van der Waals surface area contributed by atoms with E-state index < -0.39 is 0 Å². The highest BCUT2D eigenvalue weighted by atomic mass is 35.5. The largest absolute Gasteiger partial charge is 0.307 e. The lowest BCUT2D eigenvalue weighted by atomic mass is 9.95. The van der Waals surface area contributed by atoms with Gasteiger partial charge in [0.2, 0.25) is 0 Å². The highest BCUT2D eigenvalue weighted by Crippen LogP contribution is 2.27. The molecule has 0 saturated heterocycles. The van der Waals surface area contributed by atoms with E-state index in [1.165, 1.54) is 22.3 Å². The van der Waals surface area contributed by atoms with Crippen LogP contribution in [-0.2, 0) is 0 Å². The molecule has 1 nitrogen and oxygen atoms in total. The molecule has 2 aromatic rings. The van der Waals surface area contributed by atoms with Crippen molar-refractivity contribution in [1.29, 1.82) is 0 Å². The number of hydrogen-bond acceptors (Lipinski definition) is 1. The minimum Gasteiger partial charge on any atom is -0.307 e. The first-order chi connectivity index (χ1) is 9.52. The zero-order valence-electron chi connectivity index (χ0n) is 12.6. The minimum absolute atomic E-state index is 0.192. The molecule has 0 bridgehead atoms. The van der Waals surface area contributed by atoms with E-state index in [4.69, 9.17) is 11.6 Å². The number of rotatable bonds is 4. The highest BCUT2D eigenvalue weighted by molar-refractivity contribution is 6.31. The Bertz CT molecular complexity index is 553. The molecule has 0 amide bonds. The summed E-state index contributed by atoms with van der Waals surface area (Å²) < 4.78 is 0. The fourth-order valence-corrected chi connectivity index (χ4v) is 2.55. The van der Waals surface area contributed by atoms with E-state index >= 15 is 0 Å². The Hall–Kier alpha value is -1.31. The summed E-state index contributed by atoms with van der Waals surface area (Å²) in [5.74, 6) is 0. The standard InChI is InChI=1S/C18H22ClN/c1-5-20-18(15-8-6-12(2)14(4)10-15)16-9-7-13(3)17(19)11-16/h6-11,18,20H,5H2,1-4H3. The number of hydrogen-bond donors (Lipinski definition) is 1. The van der Waals surface area contributed by atoms with Gasteiger partial charge in [0.1, 0.15) is 0 Å². The van der Waals surface area contributed by atoms with Crippen LogP contribution < -0.4 is 5.32 Å². The first-order valence-electron chi connectivity index (χ1n) is 7.09. The molecule has 0 radical (unpaired) electrons. The van der Waals surface area contributed by atoms with Crippen molar-refractivity contribution < 1.29 is 0 Å². The molecule has 0 spiro atoms. The third-order valence-electron chi connectivity index (χ3n) is 3.80. The van der Waals surface area contributed by atoms with Crippen molar-refractivity contribution >= 4 is 11.6 Å². The van der Waals surface area contributed by atoms with Crippen molar-refractivity contribution in [2.24, 2.45) is 0 Å². The van der Waals surface area contributed by atoms with E-state index in [9.17, 15) is 0 Å². The van der Waals surface area contributed by atoms with Crippen molar-refractivity contribution in [3.8, 4) is 0 Å². The van der Waals surface area contributed by atoms with Crippen LogP contribution in [0.2, 0.25) is 5.02 Å². The van der Waals surface area contributed by atoms with Gasteiger partial charge in [0, 0.05) is 5.02 Å². The average molecular weight is 288 g/mol. The molecule has 0 aromatic heterocycles. The minimum atomic E-state index is 0.192. The Morgan fingerprint density at radius 2 is 1.50 bits per heavy atom. The maximum absolute atomic E-state index is 6.27. The average Bonchev–Trinajstić information content (AvgIpc) is 2.43. The zero-order valence-corrected chi connectivity index (χ0v) is 13.4. The van der Waals surface area contributed by atoms with Crippen molar-refractivity contribution in [2.45, 2.75) is 33.7 Å². The van der Waals surface area contributed by atoms with Crippen LogP contribution >= 0.6 is 11.6 Å². The molecule has 1 atom stereocenters. The molecule has 1 unspecified atom stereocenters. The second-order valence-electron chi connectivity index (χ2n) is 5.34. The smallest absolute Gasteiger partial charge is 0.0577 e. The maximum Gasteiger partial charge on any atom is 0.0577 e. The van der Waals surface area contributed by atoms with Gasteiger partial charge in [-0.25, -0.2) is 0 Å². The molecule has 2 rings (SSSR count). The van der Waals surface area contributed by atoms with E-state index in [-0.39, 0.29) is 6.04 Å². The van der Waals surface area contributed by atoms with E-state index in [1.54, 1.807) is 0 Å². The van der Waals surface area contributed by atoms with Crippen LogP contribution in [0, 0.1) is 20.8 Å². The van der Waals surface area contributed by atoms with Crippen LogP contribution in [0.5, 0.6) is 0 Å². The lowest BCUT2D eigenvalue weighted by molar-refractivity contribution is 0.630. The van der Waals surface area contributed by atoms with Crippen LogP contribution in [0.15, 0.2) is 36.4 Å². The second-order valence-corrected chi connectivity index (χ2v) is 5.75. The summed E-state index contributed by atoms with van der Waals surface area (Å²) in [6, 6.07) is 13.1. The predicted molar refractivity (Wildman–Crippen MR) is 87.6 cm³/mol. The fourth-order valence-electron chi connectivity index (χ4n) is 2.37. The van der Waals surface area contributed by atoms with Gasteiger partial charge >= 0.3 is 0 Å². The summed E-state index contributed by atoms with van der Waals surface area (Å²) in [6.07, 6.45) is 0. The van der Waals surface area contributed by atoms with E-state index in [0.29, 0.717) is 0 Å². The Balaban J connectivity index is 2.44. The van der Waals surface area contributed by atoms with E-state index in [2.05, 4.69) is 62.5 Å². The molecule has 20 heavy (non-hydrogen) atoms. The quantitative estimate of drug-likeness (QED) is 0.838. The van der Waals surface area contributed by atoms with Gasteiger partial charge in [0.15, 0.2) is 0 Å². The second kappa shape index (κ2) is 6.43. The Morgan fingerprint density at radius 1 is 0.900 bits per heavy atom. The van der Waals surface area contributed by atoms with Crippen molar-refractivity contribution in [2.75, 3.05) is 6.54 Å². The summed E-state index contributed by atoms with van der Waals surface area (Å²) in [5, 5.41) is 4.38. The fraction of sp³-hybridized carbons (Fsp3) is 0.333. The van der Waals surface area contributed by atoms with Gasteiger partial charge in [-0.15, -0.1) is 0 Å². The summed E-state index contributed by atoms with van der Waals surface area (Å²) in [6.45, 7) is 9.38. The number of nitrogens with one attached hydrogen (secondary N) is 1. The summed E-state index contributed by atoms with van der Waals surface area (Å²) in [5.41, 5.74) is 6.26. The summed E-state index contributed by atoms with van der Waals surface area (Å²) in [4.78, 5) is 0. The molecule has 2 heteroatoms. The Morgan fingerprint density at radius 3 is 2.05 bits per heavy atom. The lowest BCUT2D eigenvalue weighted by Crippen LogP contribution is -2.22. The number of benzene rings is 2. The molecular formula is C18H22ClN. The van der Waals surface area contributed by atoms with Gasteiger partial charge in [0.25, 0.3) is 0 Å². The third-order valence-corrected chi connectivity index (χ3v) is 4.21. The first-order valence-corrected chi connectivity index (χ1v) is 7.47. The van der Waals surface area contributed by atoms with Crippen LogP contribution in [0.4, 0.5) is 0 Å². The highest BCUT2D eigenvalue weighted by Gasteiger charge is 2.14. The van der Waals surface area contributed by atoms with Crippen LogP contribution in [0.1, 0.15) is 40.8 Å². The monoisotopic (exact) mass is 287 g/mol. The van der Waals surface area contributed by atoms with Crippen LogP contribution in [0.25, 0.3) is 0 Å². The van der Waals surface area contributed by atoms with Gasteiger partial charge < -0.3 is 5.32 Å². The SMILES string of the molecule is CCNC(c1ccc(C)c(C)c1)c1ccc(C)c(Cl)c1. The van der Waals surface area contributed by atoms with Crippen molar-refractivity contribution in [3.63, 3.8) is 0 Å². The van der Waals surface area contributed by atoms with E-state index in [0.717, 1.165) is 17.1 Å². The molecular weight excluding hydrogens is 266 g/mol. The Labute approximate surface area is 127 Å². The predicted octanol–water partition coefficient (Wildman–Crippen LogP) is 4.96.